The molecular formula is C55H40IrN2O2S2. The Bertz CT molecular complexity index is 3250. The molecular weight excluding hydrogens is 977 g/mol. The summed E-state index contributed by atoms with van der Waals surface area (Å²) in [6, 6.07) is 66.0. The molecule has 7 heteroatoms. The molecule has 0 amide bonds. The second-order valence-corrected chi connectivity index (χ2v) is 17.4. The summed E-state index contributed by atoms with van der Waals surface area (Å²) in [5, 5.41) is 26.1. The number of hydrogen-bond acceptors (Lipinski definition) is 5. The largest absolute Gasteiger partial charge is 0.393 e. The quantitative estimate of drug-likeness (QED) is 0.108. The first-order valence-electron chi connectivity index (χ1n) is 20.4. The molecule has 0 spiro atoms. The second-order valence-electron chi connectivity index (χ2n) is 15.4. The van der Waals surface area contributed by atoms with Crippen LogP contribution in [0.2, 0.25) is 0 Å². The van der Waals surface area contributed by atoms with Crippen LogP contribution in [-0.4, -0.2) is 31.8 Å². The van der Waals surface area contributed by atoms with Crippen molar-refractivity contribution in [3.8, 4) is 21.1 Å². The van der Waals surface area contributed by atoms with Crippen LogP contribution in [0.15, 0.2) is 176 Å². The fourth-order valence-corrected chi connectivity index (χ4v) is 10.3. The molecule has 0 aliphatic carbocycles. The molecule has 2 aromatic heterocycles. The van der Waals surface area contributed by atoms with Crippen molar-refractivity contribution in [2.75, 3.05) is 0 Å². The summed E-state index contributed by atoms with van der Waals surface area (Å²) < 4.78 is 2.44. The molecule has 0 bridgehead atoms. The maximum Gasteiger partial charge on any atom is 0.292 e. The van der Waals surface area contributed by atoms with E-state index in [1.165, 1.54) is 79.6 Å². The van der Waals surface area contributed by atoms with Crippen LogP contribution >= 0.6 is 22.7 Å². The van der Waals surface area contributed by atoms with Crippen LogP contribution in [-0.2, 0) is 20.1 Å². The van der Waals surface area contributed by atoms with Gasteiger partial charge in [-0.25, -0.2) is 4.98 Å². The predicted octanol–water partition coefficient (Wildman–Crippen LogP) is 15.0. The Labute approximate surface area is 380 Å². The molecule has 1 atom stereocenters. The molecule has 0 aliphatic rings. The van der Waals surface area contributed by atoms with Crippen molar-refractivity contribution in [2.24, 2.45) is 0 Å². The van der Waals surface area contributed by atoms with Gasteiger partial charge in [0, 0.05) is 42.3 Å². The topological polar surface area (TPSA) is 67.4 Å². The molecule has 0 saturated heterocycles. The molecule has 303 valence electrons. The smallest absolute Gasteiger partial charge is 0.292 e. The average molecular weight is 1020 g/mol. The normalized spacial score (nSPS) is 11.7. The van der Waals surface area contributed by atoms with E-state index in [9.17, 15) is 0 Å². The summed E-state index contributed by atoms with van der Waals surface area (Å²) in [5.41, 5.74) is 4.36. The van der Waals surface area contributed by atoms with E-state index in [2.05, 4.69) is 170 Å². The maximum atomic E-state index is 8.54. The van der Waals surface area contributed by atoms with Crippen molar-refractivity contribution in [1.82, 2.24) is 9.97 Å². The van der Waals surface area contributed by atoms with Crippen LogP contribution in [0.25, 0.3) is 106 Å². The SMILES string of the molecule is CC(=[OH+])CC(C)O.[Ir].[c-]1cc2c3ccccc3c3ccccc3c2cc1-c1nc2ccccc2s1.c1ccc2sc(-c3ccc4c5ccccc5c5ccccc5c4c3)nc2c1. The molecule has 4 nitrogen and oxygen atoms in total. The molecule has 1 unspecified atom stereocenters. The van der Waals surface area contributed by atoms with Crippen molar-refractivity contribution in [2.45, 2.75) is 26.4 Å². The monoisotopic (exact) mass is 1020 g/mol. The number of ketones is 1. The summed E-state index contributed by atoms with van der Waals surface area (Å²) >= 11 is 3.48. The average Bonchev–Trinajstić information content (AvgIpc) is 3.94. The number of hydrogen-bond donors (Lipinski definition) is 1. The number of para-hydroxylation sites is 2. The first-order chi connectivity index (χ1) is 29.9. The molecule has 1 radical (unpaired) electrons. The predicted molar refractivity (Wildman–Crippen MR) is 263 cm³/mol. The number of carbonyl (C=O) groups excluding carboxylic acids is 1. The Kier molecular flexibility index (Phi) is 11.7. The summed E-state index contributed by atoms with van der Waals surface area (Å²) in [7, 11) is 0. The van der Waals surface area contributed by atoms with Crippen LogP contribution in [0, 0.1) is 6.07 Å². The third-order valence-corrected chi connectivity index (χ3v) is 13.2. The van der Waals surface area contributed by atoms with Crippen molar-refractivity contribution < 1.29 is 30.0 Å². The fraction of sp³-hybridized carbons (Fsp3) is 0.0727. The van der Waals surface area contributed by atoms with Crippen molar-refractivity contribution >= 4 is 114 Å². The molecule has 62 heavy (non-hydrogen) atoms. The molecule has 0 fully saturated rings. The van der Waals surface area contributed by atoms with Crippen molar-refractivity contribution in [3.05, 3.63) is 182 Å². The number of benzene rings is 10. The molecule has 10 aromatic carbocycles. The van der Waals surface area contributed by atoms with Crippen LogP contribution in [0.3, 0.4) is 0 Å². The number of nitrogens with zero attached hydrogens (tertiary/aromatic N) is 2. The zero-order valence-electron chi connectivity index (χ0n) is 34.0. The summed E-state index contributed by atoms with van der Waals surface area (Å²) in [5.74, 6) is 0.287. The standard InChI is InChI=1S/C25H15NS.C25H14NS.C5H10O2.Ir/c2*1-2-9-19-17(7-1)18-8-3-4-10-20(18)22-15-16(13-14-21(19)22)25-26-23-11-5-6-12-24(23)27-25;1-4(6)3-5(2)7;/h1-15H;1-12,14-15H;4,6H,3H2,1-2H3;/q;-1;;/p+1. The minimum Gasteiger partial charge on any atom is -0.393 e. The van der Waals surface area contributed by atoms with Gasteiger partial charge in [0.1, 0.15) is 5.01 Å². The number of aliphatic hydroxyl groups is 1. The van der Waals surface area contributed by atoms with E-state index in [-0.39, 0.29) is 25.9 Å². The number of aromatic nitrogens is 2. The van der Waals surface area contributed by atoms with Gasteiger partial charge in [-0.15, -0.1) is 35.1 Å². The van der Waals surface area contributed by atoms with Gasteiger partial charge in [-0.1, -0.05) is 150 Å². The van der Waals surface area contributed by atoms with Gasteiger partial charge in [0.05, 0.1) is 28.3 Å². The maximum absolute atomic E-state index is 8.54. The molecule has 0 aliphatic heterocycles. The van der Waals surface area contributed by atoms with E-state index in [0.717, 1.165) is 26.6 Å². The van der Waals surface area contributed by atoms with Crippen LogP contribution in [0.5, 0.6) is 0 Å². The van der Waals surface area contributed by atoms with Crippen LogP contribution < -0.4 is 0 Å². The molecule has 2 N–H and O–H groups in total. The third kappa shape index (κ3) is 7.91. The minimum absolute atomic E-state index is 0. The Morgan fingerprint density at radius 2 is 0.903 bits per heavy atom. The molecule has 0 saturated carbocycles. The molecule has 12 aromatic rings. The Morgan fingerprint density at radius 1 is 0.516 bits per heavy atom. The Morgan fingerprint density at radius 3 is 1.35 bits per heavy atom. The van der Waals surface area contributed by atoms with E-state index in [1.54, 1.807) is 36.5 Å². The van der Waals surface area contributed by atoms with E-state index in [4.69, 9.17) is 19.9 Å². The summed E-state index contributed by atoms with van der Waals surface area (Å²) in [6.07, 6.45) is -0.0231. The van der Waals surface area contributed by atoms with Gasteiger partial charge in [0.2, 0.25) is 0 Å². The minimum atomic E-state index is -0.412. The first kappa shape index (κ1) is 41.2. The van der Waals surface area contributed by atoms with Gasteiger partial charge in [0.25, 0.3) is 5.78 Å². The van der Waals surface area contributed by atoms with E-state index < -0.39 is 6.10 Å². The molecule has 12 rings (SSSR count). The van der Waals surface area contributed by atoms with Crippen molar-refractivity contribution in [1.29, 1.82) is 0 Å². The number of rotatable bonds is 4. The van der Waals surface area contributed by atoms with Crippen molar-refractivity contribution in [3.63, 3.8) is 0 Å². The van der Waals surface area contributed by atoms with Crippen LogP contribution in [0.4, 0.5) is 0 Å². The van der Waals surface area contributed by atoms with Gasteiger partial charge < -0.3 is 5.11 Å². The summed E-state index contributed by atoms with van der Waals surface area (Å²) in [4.78, 5) is 18.1. The molecule has 2 heterocycles. The van der Waals surface area contributed by atoms with E-state index >= 15 is 0 Å². The van der Waals surface area contributed by atoms with E-state index in [0.29, 0.717) is 6.42 Å². The number of thiazole rings is 2. The fourth-order valence-electron chi connectivity index (χ4n) is 8.42. The van der Waals surface area contributed by atoms with E-state index in [1.807, 2.05) is 12.1 Å². The van der Waals surface area contributed by atoms with Gasteiger partial charge in [-0.05, 0) is 85.7 Å². The number of aliphatic hydroxyl groups excluding tert-OH is 1. The number of fused-ring (bicyclic) bond motifs is 14. The van der Waals surface area contributed by atoms with Crippen LogP contribution in [0.1, 0.15) is 20.3 Å². The van der Waals surface area contributed by atoms with Gasteiger partial charge in [-0.3, -0.25) is 9.78 Å². The Balaban J connectivity index is 0.000000136. The second kappa shape index (κ2) is 17.7. The Hall–Kier alpha value is -6.18. The first-order valence-corrected chi connectivity index (χ1v) is 22.0. The zero-order valence-corrected chi connectivity index (χ0v) is 38.0. The third-order valence-electron chi connectivity index (χ3n) is 11.1. The van der Waals surface area contributed by atoms with Gasteiger partial charge >= 0.3 is 0 Å². The zero-order chi connectivity index (χ0) is 41.5. The van der Waals surface area contributed by atoms with Gasteiger partial charge in [0.15, 0.2) is 0 Å². The summed E-state index contributed by atoms with van der Waals surface area (Å²) in [6.45, 7) is 3.21. The van der Waals surface area contributed by atoms with Gasteiger partial charge in [-0.2, -0.15) is 11.3 Å².